The van der Waals surface area contributed by atoms with Crippen molar-refractivity contribution in [1.29, 1.82) is 0 Å². The Hall–Kier alpha value is -1.36. The topological polar surface area (TPSA) is 72.6 Å². The van der Waals surface area contributed by atoms with E-state index < -0.39 is 12.0 Å². The zero-order valence-electron chi connectivity index (χ0n) is 9.73. The van der Waals surface area contributed by atoms with Gasteiger partial charge in [-0.05, 0) is 19.8 Å². The third kappa shape index (κ3) is 3.34. The zero-order chi connectivity index (χ0) is 12.1. The molecule has 0 aromatic carbocycles. The third-order valence-electron chi connectivity index (χ3n) is 2.59. The van der Waals surface area contributed by atoms with Crippen LogP contribution in [-0.2, 0) is 14.3 Å². The molecular formula is C11H18N2O3. The highest BCUT2D eigenvalue weighted by atomic mass is 16.5. The first-order valence-electron chi connectivity index (χ1n) is 5.31. The van der Waals surface area contributed by atoms with Gasteiger partial charge in [0.15, 0.2) is 0 Å². The quantitative estimate of drug-likeness (QED) is 0.533. The fraction of sp³-hybridized carbons (Fsp3) is 0.636. The Morgan fingerprint density at radius 3 is 3.00 bits per heavy atom. The Morgan fingerprint density at radius 2 is 2.38 bits per heavy atom. The molecular weight excluding hydrogens is 208 g/mol. The first-order chi connectivity index (χ1) is 7.54. The highest BCUT2D eigenvalue weighted by Gasteiger charge is 2.24. The number of hydrogen-bond donors (Lipinski definition) is 1. The van der Waals surface area contributed by atoms with Gasteiger partial charge in [0, 0.05) is 6.54 Å². The molecule has 2 N–H and O–H groups in total. The number of carbonyl (C=O) groups excluding carboxylic acids is 2. The maximum absolute atomic E-state index is 11.9. The lowest BCUT2D eigenvalue weighted by molar-refractivity contribution is -0.147. The Balaban J connectivity index is 2.76. The lowest BCUT2D eigenvalue weighted by atomic mass is 10.1. The monoisotopic (exact) mass is 226 g/mol. The summed E-state index contributed by atoms with van der Waals surface area (Å²) in [5.41, 5.74) is 6.80. The van der Waals surface area contributed by atoms with E-state index in [1.807, 2.05) is 6.92 Å². The summed E-state index contributed by atoms with van der Waals surface area (Å²) in [6.45, 7) is 2.35. The average molecular weight is 226 g/mol. The van der Waals surface area contributed by atoms with Gasteiger partial charge in [-0.3, -0.25) is 9.59 Å². The van der Waals surface area contributed by atoms with Crippen molar-refractivity contribution >= 4 is 11.9 Å². The Morgan fingerprint density at radius 1 is 1.69 bits per heavy atom. The van der Waals surface area contributed by atoms with Crippen LogP contribution >= 0.6 is 0 Å². The van der Waals surface area contributed by atoms with Crippen LogP contribution in [0.15, 0.2) is 11.6 Å². The molecule has 5 heteroatoms. The molecule has 0 spiro atoms. The molecule has 1 aliphatic rings. The van der Waals surface area contributed by atoms with Gasteiger partial charge in [0.25, 0.3) is 0 Å². The van der Waals surface area contributed by atoms with Crippen LogP contribution in [0.25, 0.3) is 0 Å². The van der Waals surface area contributed by atoms with E-state index in [9.17, 15) is 9.59 Å². The number of allylic oxidation sites excluding steroid dienone is 1. The van der Waals surface area contributed by atoms with Crippen LogP contribution in [0.5, 0.6) is 0 Å². The molecule has 1 atom stereocenters. The number of hydrogen-bond acceptors (Lipinski definition) is 4. The molecule has 1 heterocycles. The smallest absolute Gasteiger partial charge is 0.325 e. The minimum absolute atomic E-state index is 0.0335. The second-order valence-corrected chi connectivity index (χ2v) is 4.00. The van der Waals surface area contributed by atoms with Gasteiger partial charge in [0.1, 0.15) is 6.54 Å². The number of amides is 1. The maximum atomic E-state index is 11.9. The van der Waals surface area contributed by atoms with Gasteiger partial charge in [0.05, 0.1) is 13.2 Å². The van der Waals surface area contributed by atoms with Gasteiger partial charge in [-0.15, -0.1) is 0 Å². The van der Waals surface area contributed by atoms with E-state index in [-0.39, 0.29) is 12.5 Å². The summed E-state index contributed by atoms with van der Waals surface area (Å²) < 4.78 is 4.55. The van der Waals surface area contributed by atoms with Crippen LogP contribution in [0.2, 0.25) is 0 Å². The molecule has 0 fully saturated rings. The van der Waals surface area contributed by atoms with Crippen molar-refractivity contribution in [1.82, 2.24) is 4.90 Å². The van der Waals surface area contributed by atoms with Crippen molar-refractivity contribution in [3.8, 4) is 0 Å². The number of rotatable bonds is 2. The van der Waals surface area contributed by atoms with Gasteiger partial charge in [0.2, 0.25) is 5.91 Å². The highest BCUT2D eigenvalue weighted by molar-refractivity contribution is 5.86. The van der Waals surface area contributed by atoms with Crippen LogP contribution in [-0.4, -0.2) is 43.0 Å². The minimum atomic E-state index is -0.519. The van der Waals surface area contributed by atoms with Gasteiger partial charge in [-0.1, -0.05) is 11.6 Å². The molecule has 1 amide bonds. The highest BCUT2D eigenvalue weighted by Crippen LogP contribution is 2.10. The van der Waals surface area contributed by atoms with E-state index in [1.54, 1.807) is 0 Å². The third-order valence-corrected chi connectivity index (χ3v) is 2.59. The molecule has 0 aromatic rings. The molecule has 0 saturated carbocycles. The Bertz CT molecular complexity index is 312. The summed E-state index contributed by atoms with van der Waals surface area (Å²) in [5, 5.41) is 0. The zero-order valence-corrected chi connectivity index (χ0v) is 9.73. The van der Waals surface area contributed by atoms with Crippen molar-refractivity contribution in [3.63, 3.8) is 0 Å². The molecule has 1 aliphatic heterocycles. The van der Waals surface area contributed by atoms with Gasteiger partial charge in [-0.25, -0.2) is 0 Å². The summed E-state index contributed by atoms with van der Waals surface area (Å²) in [5.74, 6) is -0.605. The SMILES string of the molecule is COC(=O)CN1C/C(C)=C\CCC(N)C1=O. The molecule has 0 aromatic heterocycles. The van der Waals surface area contributed by atoms with E-state index in [0.29, 0.717) is 13.0 Å². The van der Waals surface area contributed by atoms with E-state index in [1.165, 1.54) is 12.0 Å². The molecule has 90 valence electrons. The first kappa shape index (κ1) is 12.7. The predicted molar refractivity (Wildman–Crippen MR) is 59.6 cm³/mol. The molecule has 1 rings (SSSR count). The van der Waals surface area contributed by atoms with Gasteiger partial charge in [-0.2, -0.15) is 0 Å². The first-order valence-corrected chi connectivity index (χ1v) is 5.31. The van der Waals surface area contributed by atoms with Gasteiger partial charge < -0.3 is 15.4 Å². The van der Waals surface area contributed by atoms with Crippen LogP contribution < -0.4 is 5.73 Å². The number of esters is 1. The molecule has 0 aliphatic carbocycles. The maximum Gasteiger partial charge on any atom is 0.325 e. The summed E-state index contributed by atoms with van der Waals surface area (Å²) >= 11 is 0. The number of nitrogens with two attached hydrogens (primary N) is 1. The summed E-state index contributed by atoms with van der Waals surface area (Å²) in [7, 11) is 1.31. The van der Waals surface area contributed by atoms with Crippen molar-refractivity contribution in [2.45, 2.75) is 25.8 Å². The standard InChI is InChI=1S/C11H18N2O3/c1-8-4-3-5-9(12)11(15)13(6-8)7-10(14)16-2/h4,9H,3,5-7,12H2,1-2H3/b8-4-. The molecule has 16 heavy (non-hydrogen) atoms. The van der Waals surface area contributed by atoms with E-state index in [0.717, 1.165) is 12.0 Å². The lowest BCUT2D eigenvalue weighted by Gasteiger charge is -2.26. The van der Waals surface area contributed by atoms with E-state index in [2.05, 4.69) is 10.8 Å². The van der Waals surface area contributed by atoms with Crippen LogP contribution in [0.4, 0.5) is 0 Å². The van der Waals surface area contributed by atoms with Crippen molar-refractivity contribution in [3.05, 3.63) is 11.6 Å². The van der Waals surface area contributed by atoms with Gasteiger partial charge >= 0.3 is 5.97 Å². The molecule has 0 radical (unpaired) electrons. The molecule has 5 nitrogen and oxygen atoms in total. The second kappa shape index (κ2) is 5.65. The Labute approximate surface area is 95.2 Å². The fourth-order valence-electron chi connectivity index (χ4n) is 1.67. The molecule has 0 saturated heterocycles. The predicted octanol–water partition coefficient (Wildman–Crippen LogP) is 0.0554. The van der Waals surface area contributed by atoms with Crippen LogP contribution in [0.1, 0.15) is 19.8 Å². The molecule has 1 unspecified atom stereocenters. The Kier molecular flexibility index (Phi) is 4.49. The second-order valence-electron chi connectivity index (χ2n) is 4.00. The summed E-state index contributed by atoms with van der Waals surface area (Å²) in [6, 6.07) is -0.519. The number of carbonyl (C=O) groups is 2. The minimum Gasteiger partial charge on any atom is -0.468 e. The largest absolute Gasteiger partial charge is 0.468 e. The van der Waals surface area contributed by atoms with E-state index in [4.69, 9.17) is 5.73 Å². The summed E-state index contributed by atoms with van der Waals surface area (Å²) in [4.78, 5) is 24.5. The summed E-state index contributed by atoms with van der Waals surface area (Å²) in [6.07, 6.45) is 3.48. The van der Waals surface area contributed by atoms with Crippen LogP contribution in [0.3, 0.4) is 0 Å². The molecule has 0 bridgehead atoms. The van der Waals surface area contributed by atoms with E-state index >= 15 is 0 Å². The number of ether oxygens (including phenoxy) is 1. The lowest BCUT2D eigenvalue weighted by Crippen LogP contribution is -2.47. The van der Waals surface area contributed by atoms with Crippen molar-refractivity contribution in [2.24, 2.45) is 5.73 Å². The van der Waals surface area contributed by atoms with Crippen LogP contribution in [0, 0.1) is 0 Å². The number of methoxy groups -OCH3 is 1. The number of nitrogens with zero attached hydrogens (tertiary/aromatic N) is 1. The fourth-order valence-corrected chi connectivity index (χ4v) is 1.67. The average Bonchev–Trinajstić information content (AvgIpc) is 2.25. The van der Waals surface area contributed by atoms with Crippen molar-refractivity contribution < 1.29 is 14.3 Å². The van der Waals surface area contributed by atoms with Crippen molar-refractivity contribution in [2.75, 3.05) is 20.2 Å². The normalized spacial score (nSPS) is 25.4.